The van der Waals surface area contributed by atoms with Crippen molar-refractivity contribution in [2.45, 2.75) is 13.3 Å². The van der Waals surface area contributed by atoms with Crippen molar-refractivity contribution in [3.8, 4) is 11.5 Å². The third-order valence-corrected chi connectivity index (χ3v) is 5.44. The summed E-state index contributed by atoms with van der Waals surface area (Å²) in [5, 5.41) is 7.13. The number of ether oxygens (including phenoxy) is 2. The Morgan fingerprint density at radius 2 is 1.67 bits per heavy atom. The minimum absolute atomic E-state index is 0.129. The van der Waals surface area contributed by atoms with Gasteiger partial charge in [-0.25, -0.2) is 4.98 Å². The fraction of sp³-hybridized carbons (Fsp3) is 0.185. The summed E-state index contributed by atoms with van der Waals surface area (Å²) in [5.41, 5.74) is 4.51. The van der Waals surface area contributed by atoms with Gasteiger partial charge in [0.15, 0.2) is 11.5 Å². The number of methoxy groups -OCH3 is 2. The van der Waals surface area contributed by atoms with Gasteiger partial charge in [-0.1, -0.05) is 48.0 Å². The van der Waals surface area contributed by atoms with Crippen LogP contribution in [0, 0.1) is 6.92 Å². The van der Waals surface area contributed by atoms with E-state index in [9.17, 15) is 4.79 Å². The van der Waals surface area contributed by atoms with Crippen LogP contribution in [0.2, 0.25) is 0 Å². The maximum atomic E-state index is 13.1. The molecular weight excluding hydrogens is 414 g/mol. The molecule has 0 atom stereocenters. The van der Waals surface area contributed by atoms with Crippen molar-refractivity contribution >= 4 is 28.3 Å². The highest BCUT2D eigenvalue weighted by molar-refractivity contribution is 6.07. The zero-order chi connectivity index (χ0) is 23.2. The van der Waals surface area contributed by atoms with E-state index in [-0.39, 0.29) is 5.91 Å². The topological polar surface area (TPSA) is 72.5 Å². The zero-order valence-corrected chi connectivity index (χ0v) is 19.0. The molecule has 0 spiro atoms. The molecule has 0 aliphatic heterocycles. The summed E-state index contributed by atoms with van der Waals surface area (Å²) in [5.74, 6) is 1.70. The van der Waals surface area contributed by atoms with Crippen LogP contribution in [0.15, 0.2) is 72.8 Å². The molecule has 1 amide bonds. The van der Waals surface area contributed by atoms with Crippen molar-refractivity contribution in [1.29, 1.82) is 0 Å². The zero-order valence-electron chi connectivity index (χ0n) is 19.0. The molecule has 0 fully saturated rings. The molecule has 4 rings (SSSR count). The Labute approximate surface area is 193 Å². The number of nitrogens with one attached hydrogen (secondary N) is 2. The molecule has 3 aromatic carbocycles. The van der Waals surface area contributed by atoms with Gasteiger partial charge >= 0.3 is 0 Å². The maximum Gasteiger partial charge on any atom is 0.252 e. The van der Waals surface area contributed by atoms with Crippen LogP contribution in [0.4, 0.5) is 11.5 Å². The predicted molar refractivity (Wildman–Crippen MR) is 132 cm³/mol. The van der Waals surface area contributed by atoms with Crippen molar-refractivity contribution in [2.24, 2.45) is 0 Å². The van der Waals surface area contributed by atoms with Gasteiger partial charge in [0.05, 0.1) is 25.3 Å². The van der Waals surface area contributed by atoms with Gasteiger partial charge in [0.1, 0.15) is 5.82 Å². The van der Waals surface area contributed by atoms with Gasteiger partial charge in [-0.05, 0) is 43.2 Å². The van der Waals surface area contributed by atoms with Crippen molar-refractivity contribution in [1.82, 2.24) is 10.3 Å². The van der Waals surface area contributed by atoms with Crippen molar-refractivity contribution < 1.29 is 14.3 Å². The first-order chi connectivity index (χ1) is 16.1. The van der Waals surface area contributed by atoms with E-state index in [1.165, 1.54) is 11.1 Å². The lowest BCUT2D eigenvalue weighted by Gasteiger charge is -2.13. The minimum atomic E-state index is -0.129. The number of carbonyl (C=O) groups excluding carboxylic acids is 1. The number of aromatic nitrogens is 1. The first-order valence-electron chi connectivity index (χ1n) is 10.8. The normalized spacial score (nSPS) is 10.6. The highest BCUT2D eigenvalue weighted by atomic mass is 16.5. The summed E-state index contributed by atoms with van der Waals surface area (Å²) in [6, 6.07) is 23.3. The Kier molecular flexibility index (Phi) is 6.74. The van der Waals surface area contributed by atoms with Crippen molar-refractivity contribution in [3.05, 3.63) is 89.5 Å². The van der Waals surface area contributed by atoms with Crippen LogP contribution in [-0.4, -0.2) is 31.7 Å². The Bertz CT molecular complexity index is 1270. The lowest BCUT2D eigenvalue weighted by molar-refractivity contribution is 0.0955. The Hall–Kier alpha value is -4.06. The summed E-state index contributed by atoms with van der Waals surface area (Å²) in [6.45, 7) is 2.62. The molecule has 1 heterocycles. The van der Waals surface area contributed by atoms with E-state index in [4.69, 9.17) is 9.47 Å². The molecule has 0 aliphatic rings. The smallest absolute Gasteiger partial charge is 0.252 e. The lowest BCUT2D eigenvalue weighted by Crippen LogP contribution is -2.26. The number of nitrogens with zero attached hydrogens (tertiary/aromatic N) is 1. The van der Waals surface area contributed by atoms with Crippen LogP contribution < -0.4 is 20.1 Å². The number of carbonyl (C=O) groups is 1. The van der Waals surface area contributed by atoms with Crippen molar-refractivity contribution in [2.75, 3.05) is 26.1 Å². The molecule has 0 aliphatic carbocycles. The first kappa shape index (κ1) is 22.1. The molecular formula is C27H27N3O3. The molecule has 0 bridgehead atoms. The number of hydrogen-bond acceptors (Lipinski definition) is 5. The van der Waals surface area contributed by atoms with Gasteiger partial charge in [0.2, 0.25) is 0 Å². The summed E-state index contributed by atoms with van der Waals surface area (Å²) < 4.78 is 10.7. The molecule has 2 N–H and O–H groups in total. The fourth-order valence-electron chi connectivity index (χ4n) is 3.66. The highest BCUT2D eigenvalue weighted by Crippen LogP contribution is 2.31. The Morgan fingerprint density at radius 3 is 2.42 bits per heavy atom. The number of amides is 1. The van der Waals surface area contributed by atoms with Crippen LogP contribution in [0.5, 0.6) is 11.5 Å². The minimum Gasteiger partial charge on any atom is -0.493 e. The van der Waals surface area contributed by atoms with Gasteiger partial charge in [-0.15, -0.1) is 0 Å². The van der Waals surface area contributed by atoms with Gasteiger partial charge in [-0.3, -0.25) is 4.79 Å². The molecule has 0 radical (unpaired) electrons. The van der Waals surface area contributed by atoms with Crippen LogP contribution in [-0.2, 0) is 6.42 Å². The van der Waals surface area contributed by atoms with Gasteiger partial charge in [0, 0.05) is 23.7 Å². The maximum absolute atomic E-state index is 13.1. The van der Waals surface area contributed by atoms with Crippen molar-refractivity contribution in [3.63, 3.8) is 0 Å². The number of para-hydroxylation sites is 1. The van der Waals surface area contributed by atoms with E-state index < -0.39 is 0 Å². The van der Waals surface area contributed by atoms with E-state index in [2.05, 4.69) is 46.8 Å². The first-order valence-corrected chi connectivity index (χ1v) is 10.8. The van der Waals surface area contributed by atoms with E-state index in [1.807, 2.05) is 42.5 Å². The largest absolute Gasteiger partial charge is 0.493 e. The SMILES string of the molecule is COc1ccc(Nc2cc(C(=O)NCCc3ccc(C)cc3)c3ccccc3n2)cc1OC. The van der Waals surface area contributed by atoms with Crippen LogP contribution in [0.1, 0.15) is 21.5 Å². The number of pyridine rings is 1. The number of aryl methyl sites for hydroxylation is 1. The van der Waals surface area contributed by atoms with Crippen LogP contribution >= 0.6 is 0 Å². The quantitative estimate of drug-likeness (QED) is 0.389. The average molecular weight is 442 g/mol. The Balaban J connectivity index is 1.56. The second kappa shape index (κ2) is 10.0. The molecule has 6 heteroatoms. The summed E-state index contributed by atoms with van der Waals surface area (Å²) in [4.78, 5) is 17.8. The second-order valence-corrected chi connectivity index (χ2v) is 7.76. The Morgan fingerprint density at radius 1 is 0.909 bits per heavy atom. The van der Waals surface area contributed by atoms with Crippen LogP contribution in [0.3, 0.4) is 0 Å². The molecule has 0 saturated carbocycles. The lowest BCUT2D eigenvalue weighted by atomic mass is 10.1. The van der Waals surface area contributed by atoms with E-state index in [1.54, 1.807) is 20.3 Å². The monoisotopic (exact) mass is 441 g/mol. The molecule has 0 unspecified atom stereocenters. The molecule has 0 saturated heterocycles. The molecule has 168 valence electrons. The summed E-state index contributed by atoms with van der Waals surface area (Å²) in [7, 11) is 3.19. The molecule has 4 aromatic rings. The third kappa shape index (κ3) is 5.23. The standard InChI is InChI=1S/C27H27N3O3/c1-18-8-10-19(11-9-18)14-15-28-27(31)22-17-26(30-23-7-5-4-6-21(22)23)29-20-12-13-24(32-2)25(16-20)33-3/h4-13,16-17H,14-15H2,1-3H3,(H,28,31)(H,29,30). The number of fused-ring (bicyclic) bond motifs is 1. The average Bonchev–Trinajstić information content (AvgIpc) is 2.84. The second-order valence-electron chi connectivity index (χ2n) is 7.76. The van der Waals surface area contributed by atoms with E-state index >= 15 is 0 Å². The number of benzene rings is 3. The number of hydrogen-bond donors (Lipinski definition) is 2. The fourth-order valence-corrected chi connectivity index (χ4v) is 3.66. The predicted octanol–water partition coefficient (Wildman–Crippen LogP) is 5.28. The summed E-state index contributed by atoms with van der Waals surface area (Å²) in [6.07, 6.45) is 0.770. The van der Waals surface area contributed by atoms with E-state index in [0.29, 0.717) is 29.4 Å². The van der Waals surface area contributed by atoms with E-state index in [0.717, 1.165) is 23.0 Å². The third-order valence-electron chi connectivity index (χ3n) is 5.44. The number of anilines is 2. The molecule has 33 heavy (non-hydrogen) atoms. The summed E-state index contributed by atoms with van der Waals surface area (Å²) >= 11 is 0. The van der Waals surface area contributed by atoms with Gasteiger partial charge in [-0.2, -0.15) is 0 Å². The molecule has 6 nitrogen and oxygen atoms in total. The van der Waals surface area contributed by atoms with Gasteiger partial charge < -0.3 is 20.1 Å². The molecule has 1 aromatic heterocycles. The van der Waals surface area contributed by atoms with Crippen LogP contribution in [0.25, 0.3) is 10.9 Å². The van der Waals surface area contributed by atoms with Gasteiger partial charge in [0.25, 0.3) is 5.91 Å². The number of rotatable bonds is 8. The highest BCUT2D eigenvalue weighted by Gasteiger charge is 2.14.